The highest BCUT2D eigenvalue weighted by molar-refractivity contribution is 8.59. The van der Waals surface area contributed by atoms with Crippen LogP contribution in [0.1, 0.15) is 52.4 Å². The Bertz CT molecular complexity index is 122. The quantitative estimate of drug-likeness (QED) is 0.394. The Balaban J connectivity index is 0. The van der Waals surface area contributed by atoms with Gasteiger partial charge < -0.3 is 9.79 Å². The molecule has 0 saturated heterocycles. The summed E-state index contributed by atoms with van der Waals surface area (Å²) in [5.74, 6) is 0. The maximum absolute atomic E-state index is 7.87. The van der Waals surface area contributed by atoms with Gasteiger partial charge >= 0.3 is 0 Å². The summed E-state index contributed by atoms with van der Waals surface area (Å²) in [6, 6.07) is 0. The molecule has 2 nitrogen and oxygen atoms in total. The molecule has 0 aliphatic rings. The molecule has 0 aromatic heterocycles. The third-order valence-corrected chi connectivity index (χ3v) is 1.46. The number of hydrogen-bond acceptors (Lipinski definition) is 1. The topological polar surface area (TPSA) is 40.5 Å². The molecule has 0 spiro atoms. The van der Waals surface area contributed by atoms with Crippen molar-refractivity contribution in [2.75, 3.05) is 0 Å². The van der Waals surface area contributed by atoms with E-state index in [1.807, 2.05) is 0 Å². The van der Waals surface area contributed by atoms with Gasteiger partial charge in [0.1, 0.15) is 0 Å². The van der Waals surface area contributed by atoms with Gasteiger partial charge in [-0.3, -0.25) is 0 Å². The molecule has 0 aliphatic carbocycles. The highest BCUT2D eigenvalue weighted by Crippen LogP contribution is 2.39. The fraction of sp³-hybridized carbons (Fsp3) is 1.00. The molecule has 0 atom stereocenters. The van der Waals surface area contributed by atoms with Crippen LogP contribution in [0.15, 0.2) is 0 Å². The molecule has 82 valence electrons. The van der Waals surface area contributed by atoms with Crippen LogP contribution in [0.5, 0.6) is 0 Å². The van der Waals surface area contributed by atoms with Crippen LogP contribution in [-0.4, -0.2) is 9.79 Å². The van der Waals surface area contributed by atoms with Crippen LogP contribution in [0, 0.1) is 0 Å². The summed E-state index contributed by atoms with van der Waals surface area (Å²) in [6.45, 7) is 4.51. The number of rotatable bonds is 5. The van der Waals surface area contributed by atoms with Crippen molar-refractivity contribution in [3.05, 3.63) is 0 Å². The van der Waals surface area contributed by atoms with E-state index in [2.05, 4.69) is 37.9 Å². The average molecular weight is 244 g/mol. The summed E-state index contributed by atoms with van der Waals surface area (Å²) in [7, 11) is 0. The molecule has 0 saturated carbocycles. The molecule has 0 radical (unpaired) electrons. The van der Waals surface area contributed by atoms with E-state index < -0.39 is 5.69 Å². The molecule has 0 aromatic rings. The van der Waals surface area contributed by atoms with Gasteiger partial charge in [0, 0.05) is 0 Å². The molecule has 0 aliphatic heterocycles. The van der Waals surface area contributed by atoms with Gasteiger partial charge in [-0.2, -0.15) is 0 Å². The SMILES string of the molecule is CCCCCCCC.OP(O)(=S)S. The Morgan fingerprint density at radius 2 is 1.23 bits per heavy atom. The zero-order chi connectivity index (χ0) is 10.7. The number of thiol groups is 1. The van der Waals surface area contributed by atoms with Gasteiger partial charge in [0.15, 0.2) is 0 Å². The van der Waals surface area contributed by atoms with E-state index in [-0.39, 0.29) is 0 Å². The second kappa shape index (κ2) is 11.0. The van der Waals surface area contributed by atoms with Crippen molar-refractivity contribution in [2.45, 2.75) is 52.4 Å². The maximum Gasteiger partial charge on any atom is 0.239 e. The second-order valence-corrected chi connectivity index (χ2v) is 7.97. The van der Waals surface area contributed by atoms with Crippen molar-refractivity contribution in [3.8, 4) is 0 Å². The maximum atomic E-state index is 7.87. The second-order valence-electron chi connectivity index (χ2n) is 2.93. The molecule has 13 heavy (non-hydrogen) atoms. The molecule has 0 aromatic carbocycles. The lowest BCUT2D eigenvalue weighted by atomic mass is 10.1. The first-order valence-corrected chi connectivity index (χ1v) is 8.56. The minimum absolute atomic E-state index is 1.36. The van der Waals surface area contributed by atoms with Crippen molar-refractivity contribution in [2.24, 2.45) is 0 Å². The third kappa shape index (κ3) is 44.0. The predicted octanol–water partition coefficient (Wildman–Crippen LogP) is 3.49. The minimum atomic E-state index is -3.11. The zero-order valence-electron chi connectivity index (χ0n) is 8.44. The first-order chi connectivity index (χ1) is 5.91. The normalized spacial score (nSPS) is 10.5. The first-order valence-electron chi connectivity index (χ1n) is 4.70. The van der Waals surface area contributed by atoms with Crippen LogP contribution in [0.3, 0.4) is 0 Å². The Kier molecular flexibility index (Phi) is 13.8. The van der Waals surface area contributed by atoms with E-state index in [9.17, 15) is 0 Å². The Morgan fingerprint density at radius 3 is 1.38 bits per heavy atom. The largest absolute Gasteiger partial charge is 0.338 e. The molecular weight excluding hydrogens is 223 g/mol. The van der Waals surface area contributed by atoms with Crippen molar-refractivity contribution in [1.82, 2.24) is 0 Å². The highest BCUT2D eigenvalue weighted by Gasteiger charge is 1.90. The van der Waals surface area contributed by atoms with E-state index in [1.165, 1.54) is 38.5 Å². The average Bonchev–Trinajstić information content (AvgIpc) is 1.95. The first kappa shape index (κ1) is 16.4. The minimum Gasteiger partial charge on any atom is -0.338 e. The molecule has 0 unspecified atom stereocenters. The Labute approximate surface area is 92.1 Å². The third-order valence-electron chi connectivity index (χ3n) is 1.46. The van der Waals surface area contributed by atoms with E-state index in [0.717, 1.165) is 0 Å². The van der Waals surface area contributed by atoms with E-state index in [1.54, 1.807) is 0 Å². The molecule has 0 fully saturated rings. The van der Waals surface area contributed by atoms with Gasteiger partial charge in [-0.05, 0) is 11.8 Å². The van der Waals surface area contributed by atoms with Crippen LogP contribution in [0.4, 0.5) is 0 Å². The lowest BCUT2D eigenvalue weighted by Gasteiger charge is -1.93. The summed E-state index contributed by atoms with van der Waals surface area (Å²) >= 11 is 7.07. The van der Waals surface area contributed by atoms with E-state index in [0.29, 0.717) is 0 Å². The van der Waals surface area contributed by atoms with Crippen LogP contribution in [0.25, 0.3) is 0 Å². The van der Waals surface area contributed by atoms with Gasteiger partial charge in [0.05, 0.1) is 0 Å². The van der Waals surface area contributed by atoms with Gasteiger partial charge in [0.25, 0.3) is 0 Å². The number of hydrogen-bond donors (Lipinski definition) is 3. The van der Waals surface area contributed by atoms with Crippen LogP contribution < -0.4 is 0 Å². The zero-order valence-corrected chi connectivity index (χ0v) is 11.0. The summed E-state index contributed by atoms with van der Waals surface area (Å²) < 4.78 is 0. The monoisotopic (exact) mass is 244 g/mol. The van der Waals surface area contributed by atoms with Crippen molar-refractivity contribution < 1.29 is 9.79 Å². The number of unbranched alkanes of at least 4 members (excludes halogenated alkanes) is 5. The highest BCUT2D eigenvalue weighted by atomic mass is 32.9. The standard InChI is InChI=1S/C8H18.H3O2PS2/c1-3-5-7-8-6-4-2;1-3(2,4)5/h3-8H2,1-2H3;(H3,1,2,4,5). The smallest absolute Gasteiger partial charge is 0.239 e. The summed E-state index contributed by atoms with van der Waals surface area (Å²) in [6.07, 6.45) is 8.49. The van der Waals surface area contributed by atoms with Crippen LogP contribution >= 0.6 is 17.9 Å². The lowest BCUT2D eigenvalue weighted by Crippen LogP contribution is -1.73. The molecular formula is C8H21O2PS2. The van der Waals surface area contributed by atoms with Gasteiger partial charge in [-0.1, -0.05) is 64.6 Å². The molecule has 0 bridgehead atoms. The summed E-state index contributed by atoms with van der Waals surface area (Å²) in [5.41, 5.74) is -3.11. The van der Waals surface area contributed by atoms with Gasteiger partial charge in [-0.25, -0.2) is 0 Å². The van der Waals surface area contributed by atoms with Crippen molar-refractivity contribution in [3.63, 3.8) is 0 Å². The van der Waals surface area contributed by atoms with Crippen molar-refractivity contribution >= 4 is 29.7 Å². The fourth-order valence-electron chi connectivity index (χ4n) is 0.854. The lowest BCUT2D eigenvalue weighted by molar-refractivity contribution is 0.503. The molecule has 0 rings (SSSR count). The molecule has 0 amide bonds. The summed E-state index contributed by atoms with van der Waals surface area (Å²) in [5, 5.41) is 0. The van der Waals surface area contributed by atoms with Crippen LogP contribution in [-0.2, 0) is 11.8 Å². The Morgan fingerprint density at radius 1 is 1.00 bits per heavy atom. The fourth-order valence-corrected chi connectivity index (χ4v) is 0.854. The molecule has 2 N–H and O–H groups in total. The van der Waals surface area contributed by atoms with Crippen LogP contribution in [0.2, 0.25) is 0 Å². The molecule has 5 heteroatoms. The van der Waals surface area contributed by atoms with Gasteiger partial charge in [0.2, 0.25) is 5.69 Å². The van der Waals surface area contributed by atoms with Crippen molar-refractivity contribution in [1.29, 1.82) is 0 Å². The summed E-state index contributed by atoms with van der Waals surface area (Å²) in [4.78, 5) is 15.7. The molecule has 0 heterocycles. The van der Waals surface area contributed by atoms with E-state index in [4.69, 9.17) is 9.79 Å². The Hall–Kier alpha value is 0.920. The predicted molar refractivity (Wildman–Crippen MR) is 66.8 cm³/mol. The van der Waals surface area contributed by atoms with Gasteiger partial charge in [-0.15, -0.1) is 0 Å². The van der Waals surface area contributed by atoms with E-state index >= 15 is 0 Å².